The Balaban J connectivity index is 2.20. The molecule has 0 aliphatic carbocycles. The third kappa shape index (κ3) is 1.93. The van der Waals surface area contributed by atoms with Gasteiger partial charge in [-0.3, -0.25) is 4.57 Å². The average Bonchev–Trinajstić information content (AvgIpc) is 2.91. The number of hydrogen-bond acceptors (Lipinski definition) is 5. The van der Waals surface area contributed by atoms with E-state index in [1.807, 2.05) is 4.72 Å². The van der Waals surface area contributed by atoms with Gasteiger partial charge in [-0.05, 0) is 0 Å². The molecule has 2 rings (SSSR count). The lowest BCUT2D eigenvalue weighted by molar-refractivity contribution is 0.247. The molecule has 0 aliphatic heterocycles. The van der Waals surface area contributed by atoms with Crippen molar-refractivity contribution in [3.8, 4) is 0 Å². The van der Waals surface area contributed by atoms with Gasteiger partial charge in [0.2, 0.25) is 0 Å². The van der Waals surface area contributed by atoms with Gasteiger partial charge >= 0.3 is 16.2 Å². The van der Waals surface area contributed by atoms with Crippen LogP contribution in [0.4, 0.5) is 4.79 Å². The van der Waals surface area contributed by atoms with E-state index in [-0.39, 0.29) is 0 Å². The number of aromatic nitrogens is 4. The first kappa shape index (κ1) is 10.4. The second-order valence-corrected chi connectivity index (χ2v) is 4.35. The molecule has 0 fully saturated rings. The minimum Gasteiger partial charge on any atom is -0.257 e. The molecule has 0 saturated carbocycles. The summed E-state index contributed by atoms with van der Waals surface area (Å²) in [5.74, 6) is 0. The topological polar surface area (TPSA) is 98.9 Å². The van der Waals surface area contributed by atoms with E-state index in [0.717, 1.165) is 14.9 Å². The highest BCUT2D eigenvalue weighted by atomic mass is 32.2. The smallest absolute Gasteiger partial charge is 0.257 e. The molecule has 9 heteroatoms. The van der Waals surface area contributed by atoms with E-state index in [0.29, 0.717) is 0 Å². The van der Waals surface area contributed by atoms with Crippen molar-refractivity contribution in [1.29, 1.82) is 0 Å². The molecule has 2 aromatic heterocycles. The van der Waals surface area contributed by atoms with Gasteiger partial charge in [-0.2, -0.15) is 8.42 Å². The van der Waals surface area contributed by atoms with Gasteiger partial charge < -0.3 is 0 Å². The lowest BCUT2D eigenvalue weighted by atomic mass is 10.9. The number of amides is 1. The van der Waals surface area contributed by atoms with Crippen LogP contribution in [0.5, 0.6) is 0 Å². The number of hydrogen-bond donors (Lipinski definition) is 1. The monoisotopic (exact) mass is 241 g/mol. The SMILES string of the molecule is O=C(NS(=O)(=O)n1ccnc1)n1ccnc1. The molecular formula is C7H7N5O3S. The van der Waals surface area contributed by atoms with Crippen LogP contribution in [0.1, 0.15) is 0 Å². The average molecular weight is 241 g/mol. The van der Waals surface area contributed by atoms with Crippen LogP contribution in [0.3, 0.4) is 0 Å². The molecule has 0 spiro atoms. The summed E-state index contributed by atoms with van der Waals surface area (Å²) in [6.07, 6.45) is 7.47. The summed E-state index contributed by atoms with van der Waals surface area (Å²) in [7, 11) is -3.94. The molecular weight excluding hydrogens is 234 g/mol. The van der Waals surface area contributed by atoms with E-state index >= 15 is 0 Å². The van der Waals surface area contributed by atoms with Gasteiger partial charge in [-0.1, -0.05) is 0 Å². The zero-order valence-electron chi connectivity index (χ0n) is 7.89. The third-order valence-electron chi connectivity index (χ3n) is 1.71. The molecule has 0 aromatic carbocycles. The van der Waals surface area contributed by atoms with Crippen molar-refractivity contribution >= 4 is 16.2 Å². The Morgan fingerprint density at radius 3 is 2.38 bits per heavy atom. The second kappa shape index (κ2) is 3.77. The second-order valence-electron chi connectivity index (χ2n) is 2.77. The van der Waals surface area contributed by atoms with Crippen molar-refractivity contribution in [2.24, 2.45) is 0 Å². The quantitative estimate of drug-likeness (QED) is 0.759. The molecule has 1 N–H and O–H groups in total. The molecule has 1 amide bonds. The highest BCUT2D eigenvalue weighted by molar-refractivity contribution is 7.88. The molecule has 0 radical (unpaired) electrons. The summed E-state index contributed by atoms with van der Waals surface area (Å²) < 4.78 is 26.8. The Morgan fingerprint density at radius 1 is 1.12 bits per heavy atom. The standard InChI is InChI=1S/C7H7N5O3S/c13-7(11-3-1-8-5-11)10-16(14,15)12-4-2-9-6-12/h1-6H,(H,10,13). The Hall–Kier alpha value is -2.16. The summed E-state index contributed by atoms with van der Waals surface area (Å²) in [4.78, 5) is 18.6. The fraction of sp³-hybridized carbons (Fsp3) is 0. The van der Waals surface area contributed by atoms with Crippen LogP contribution in [0.15, 0.2) is 37.4 Å². The summed E-state index contributed by atoms with van der Waals surface area (Å²) >= 11 is 0. The molecule has 0 aliphatic rings. The summed E-state index contributed by atoms with van der Waals surface area (Å²) in [6, 6.07) is -0.814. The number of nitrogens with one attached hydrogen (secondary N) is 1. The Kier molecular flexibility index (Phi) is 2.44. The van der Waals surface area contributed by atoms with Gasteiger partial charge in [-0.15, -0.1) is 0 Å². The molecule has 0 atom stereocenters. The van der Waals surface area contributed by atoms with E-state index in [4.69, 9.17) is 0 Å². The molecule has 2 aromatic rings. The normalized spacial score (nSPS) is 11.2. The number of carbonyl (C=O) groups is 1. The van der Waals surface area contributed by atoms with Crippen molar-refractivity contribution in [2.75, 3.05) is 0 Å². The first-order chi connectivity index (χ1) is 7.59. The molecule has 8 nitrogen and oxygen atoms in total. The Bertz CT molecular complexity index is 572. The minimum absolute atomic E-state index is 0.793. The molecule has 0 bridgehead atoms. The van der Waals surface area contributed by atoms with Crippen LogP contribution in [-0.4, -0.2) is 33.0 Å². The van der Waals surface area contributed by atoms with Gasteiger partial charge in [0.15, 0.2) is 0 Å². The first-order valence-electron chi connectivity index (χ1n) is 4.13. The summed E-state index contributed by atoms with van der Waals surface area (Å²) in [5.41, 5.74) is 0. The molecule has 84 valence electrons. The van der Waals surface area contributed by atoms with Crippen molar-refractivity contribution in [2.45, 2.75) is 0 Å². The van der Waals surface area contributed by atoms with Crippen LogP contribution < -0.4 is 4.72 Å². The maximum Gasteiger partial charge on any atom is 0.341 e. The highest BCUT2D eigenvalue weighted by Gasteiger charge is 2.16. The van der Waals surface area contributed by atoms with Gasteiger partial charge in [0, 0.05) is 24.8 Å². The molecule has 16 heavy (non-hydrogen) atoms. The maximum absolute atomic E-state index is 11.6. The zero-order valence-corrected chi connectivity index (χ0v) is 8.70. The van der Waals surface area contributed by atoms with Crippen LogP contribution in [-0.2, 0) is 10.2 Å². The van der Waals surface area contributed by atoms with Crippen molar-refractivity contribution < 1.29 is 13.2 Å². The fourth-order valence-corrected chi connectivity index (χ4v) is 1.81. The highest BCUT2D eigenvalue weighted by Crippen LogP contribution is 1.94. The van der Waals surface area contributed by atoms with Gasteiger partial charge in [0.1, 0.15) is 12.7 Å². The van der Waals surface area contributed by atoms with Crippen molar-refractivity contribution in [3.63, 3.8) is 0 Å². The van der Waals surface area contributed by atoms with Gasteiger partial charge in [-0.25, -0.2) is 23.5 Å². The predicted octanol–water partition coefficient (Wildman–Crippen LogP) is -0.570. The van der Waals surface area contributed by atoms with Crippen LogP contribution in [0.2, 0.25) is 0 Å². The zero-order chi connectivity index (χ0) is 11.6. The molecule has 0 saturated heterocycles. The maximum atomic E-state index is 11.6. The van der Waals surface area contributed by atoms with Crippen molar-refractivity contribution in [3.05, 3.63) is 37.4 Å². The van der Waals surface area contributed by atoms with E-state index in [1.165, 1.54) is 31.1 Å². The number of rotatable bonds is 2. The molecule has 0 unspecified atom stereocenters. The van der Waals surface area contributed by atoms with E-state index < -0.39 is 16.2 Å². The summed E-state index contributed by atoms with van der Waals surface area (Å²) in [5, 5.41) is 0. The minimum atomic E-state index is -3.94. The van der Waals surface area contributed by atoms with E-state index in [1.54, 1.807) is 0 Å². The van der Waals surface area contributed by atoms with Crippen LogP contribution in [0.25, 0.3) is 0 Å². The van der Waals surface area contributed by atoms with Crippen molar-refractivity contribution in [1.82, 2.24) is 23.2 Å². The predicted molar refractivity (Wildman–Crippen MR) is 52.7 cm³/mol. The lowest BCUT2D eigenvalue weighted by Crippen LogP contribution is -2.36. The lowest BCUT2D eigenvalue weighted by Gasteiger charge is -2.06. The van der Waals surface area contributed by atoms with Gasteiger partial charge in [0.25, 0.3) is 0 Å². The van der Waals surface area contributed by atoms with E-state index in [2.05, 4.69) is 9.97 Å². The fourth-order valence-electron chi connectivity index (χ4n) is 0.984. The van der Waals surface area contributed by atoms with E-state index in [9.17, 15) is 13.2 Å². The number of imidazole rings is 2. The number of nitrogens with zero attached hydrogens (tertiary/aromatic N) is 4. The largest absolute Gasteiger partial charge is 0.341 e. The third-order valence-corrected chi connectivity index (χ3v) is 2.92. The number of carbonyl (C=O) groups excluding carboxylic acids is 1. The van der Waals surface area contributed by atoms with Crippen LogP contribution in [0, 0.1) is 0 Å². The molecule has 2 heterocycles. The summed E-state index contributed by atoms with van der Waals surface area (Å²) in [6.45, 7) is 0. The Labute approximate surface area is 90.7 Å². The van der Waals surface area contributed by atoms with Gasteiger partial charge in [0.05, 0.1) is 0 Å². The first-order valence-corrected chi connectivity index (χ1v) is 5.57. The van der Waals surface area contributed by atoms with Crippen LogP contribution >= 0.6 is 0 Å². The Morgan fingerprint density at radius 2 is 1.81 bits per heavy atom.